The van der Waals surface area contributed by atoms with Crippen molar-refractivity contribution in [3.63, 3.8) is 0 Å². The molecule has 17 heavy (non-hydrogen) atoms. The summed E-state index contributed by atoms with van der Waals surface area (Å²) in [6.45, 7) is 1.90. The van der Waals surface area contributed by atoms with Crippen LogP contribution in [0.15, 0.2) is 18.2 Å². The number of piperidine rings is 1. The third kappa shape index (κ3) is 3.75. The zero-order valence-corrected chi connectivity index (χ0v) is 10.9. The molecule has 0 amide bonds. The number of hydrogen-bond acceptors (Lipinski definition) is 3. The van der Waals surface area contributed by atoms with Crippen molar-refractivity contribution in [1.29, 1.82) is 0 Å². The maximum absolute atomic E-state index is 10.2. The summed E-state index contributed by atoms with van der Waals surface area (Å²) in [5.74, 6) is 0.592. The minimum atomic E-state index is -0.750. The van der Waals surface area contributed by atoms with Gasteiger partial charge in [0.2, 0.25) is 0 Å². The second-order valence-corrected chi connectivity index (χ2v) is 5.24. The second kappa shape index (κ2) is 5.44. The van der Waals surface area contributed by atoms with E-state index in [0.29, 0.717) is 28.6 Å². The summed E-state index contributed by atoms with van der Waals surface area (Å²) >= 11 is 11.7. The van der Waals surface area contributed by atoms with E-state index in [1.54, 1.807) is 18.2 Å². The number of benzene rings is 1. The summed E-state index contributed by atoms with van der Waals surface area (Å²) < 4.78 is 5.56. The molecular formula is C12H15Cl2NO2. The van der Waals surface area contributed by atoms with E-state index in [2.05, 4.69) is 5.32 Å². The van der Waals surface area contributed by atoms with Crippen molar-refractivity contribution in [3.8, 4) is 5.75 Å². The smallest absolute Gasteiger partial charge is 0.122 e. The third-order valence-electron chi connectivity index (χ3n) is 2.88. The van der Waals surface area contributed by atoms with E-state index in [9.17, 15) is 5.11 Å². The highest BCUT2D eigenvalue weighted by Crippen LogP contribution is 2.26. The van der Waals surface area contributed by atoms with Gasteiger partial charge in [-0.25, -0.2) is 0 Å². The molecule has 1 aliphatic heterocycles. The van der Waals surface area contributed by atoms with Gasteiger partial charge < -0.3 is 15.2 Å². The lowest BCUT2D eigenvalue weighted by molar-refractivity contribution is -0.0285. The molecule has 1 heterocycles. The lowest BCUT2D eigenvalue weighted by atomic mass is 9.94. The van der Waals surface area contributed by atoms with Crippen LogP contribution in [0.25, 0.3) is 0 Å². The van der Waals surface area contributed by atoms with Crippen molar-refractivity contribution < 1.29 is 9.84 Å². The summed E-state index contributed by atoms with van der Waals surface area (Å²) in [6, 6.07) is 5.03. The fourth-order valence-electron chi connectivity index (χ4n) is 1.87. The van der Waals surface area contributed by atoms with Gasteiger partial charge in [-0.15, -0.1) is 0 Å². The Morgan fingerprint density at radius 1 is 1.18 bits per heavy atom. The standard InChI is InChI=1S/C12H15Cl2NO2/c13-9-5-10(14)7-11(6-9)17-8-12(16)1-3-15-4-2-12/h5-7,15-16H,1-4,8H2. The average Bonchev–Trinajstić information content (AvgIpc) is 2.26. The van der Waals surface area contributed by atoms with Crippen molar-refractivity contribution in [2.45, 2.75) is 18.4 Å². The summed E-state index contributed by atoms with van der Waals surface area (Å²) in [5.41, 5.74) is -0.750. The van der Waals surface area contributed by atoms with Gasteiger partial charge in [0, 0.05) is 10.0 Å². The molecular weight excluding hydrogens is 261 g/mol. The fourth-order valence-corrected chi connectivity index (χ4v) is 2.37. The molecule has 94 valence electrons. The molecule has 1 aromatic rings. The quantitative estimate of drug-likeness (QED) is 0.891. The highest BCUT2D eigenvalue weighted by molar-refractivity contribution is 6.34. The highest BCUT2D eigenvalue weighted by Gasteiger charge is 2.29. The van der Waals surface area contributed by atoms with Crippen molar-refractivity contribution in [2.75, 3.05) is 19.7 Å². The minimum absolute atomic E-state index is 0.269. The molecule has 0 aliphatic carbocycles. The molecule has 0 bridgehead atoms. The summed E-state index contributed by atoms with van der Waals surface area (Å²) in [5, 5.41) is 14.5. The maximum Gasteiger partial charge on any atom is 0.122 e. The summed E-state index contributed by atoms with van der Waals surface area (Å²) in [6.07, 6.45) is 1.39. The van der Waals surface area contributed by atoms with E-state index < -0.39 is 5.60 Å². The molecule has 2 rings (SSSR count). The monoisotopic (exact) mass is 275 g/mol. The number of halogens is 2. The first kappa shape index (κ1) is 13.0. The van der Waals surface area contributed by atoms with E-state index in [4.69, 9.17) is 27.9 Å². The lowest BCUT2D eigenvalue weighted by Crippen LogP contribution is -2.45. The number of aliphatic hydroxyl groups is 1. The predicted octanol–water partition coefficient (Wildman–Crippen LogP) is 2.49. The van der Waals surface area contributed by atoms with Gasteiger partial charge in [-0.05, 0) is 44.1 Å². The Balaban J connectivity index is 1.96. The van der Waals surface area contributed by atoms with Gasteiger partial charge in [-0.1, -0.05) is 23.2 Å². The van der Waals surface area contributed by atoms with Crippen molar-refractivity contribution in [2.24, 2.45) is 0 Å². The predicted molar refractivity (Wildman–Crippen MR) is 69.0 cm³/mol. The van der Waals surface area contributed by atoms with Crippen LogP contribution in [0.2, 0.25) is 10.0 Å². The van der Waals surface area contributed by atoms with Crippen LogP contribution in [0.1, 0.15) is 12.8 Å². The Bertz CT molecular complexity index is 372. The highest BCUT2D eigenvalue weighted by atomic mass is 35.5. The molecule has 5 heteroatoms. The molecule has 1 fully saturated rings. The molecule has 3 nitrogen and oxygen atoms in total. The van der Waals surface area contributed by atoms with Crippen molar-refractivity contribution in [1.82, 2.24) is 5.32 Å². The van der Waals surface area contributed by atoms with Crippen molar-refractivity contribution >= 4 is 23.2 Å². The first-order valence-corrected chi connectivity index (χ1v) is 6.35. The molecule has 0 spiro atoms. The Morgan fingerprint density at radius 2 is 1.76 bits per heavy atom. The molecule has 0 radical (unpaired) electrons. The zero-order valence-electron chi connectivity index (χ0n) is 9.38. The lowest BCUT2D eigenvalue weighted by Gasteiger charge is -2.32. The molecule has 0 saturated carbocycles. The first-order chi connectivity index (χ1) is 8.07. The second-order valence-electron chi connectivity index (χ2n) is 4.37. The van der Waals surface area contributed by atoms with Crippen LogP contribution >= 0.6 is 23.2 Å². The number of nitrogens with one attached hydrogen (secondary N) is 1. The average molecular weight is 276 g/mol. The SMILES string of the molecule is OC1(COc2cc(Cl)cc(Cl)c2)CCNCC1. The van der Waals surface area contributed by atoms with E-state index in [0.717, 1.165) is 13.1 Å². The van der Waals surface area contributed by atoms with E-state index in [1.165, 1.54) is 0 Å². The Kier molecular flexibility index (Phi) is 4.15. The van der Waals surface area contributed by atoms with Crippen LogP contribution in [0.5, 0.6) is 5.75 Å². The molecule has 0 aromatic heterocycles. The molecule has 0 atom stereocenters. The Hall–Kier alpha value is -0.480. The van der Waals surface area contributed by atoms with E-state index >= 15 is 0 Å². The Morgan fingerprint density at radius 3 is 2.35 bits per heavy atom. The van der Waals surface area contributed by atoms with Gasteiger partial charge >= 0.3 is 0 Å². The van der Waals surface area contributed by atoms with Crippen LogP contribution in [0.4, 0.5) is 0 Å². The van der Waals surface area contributed by atoms with Gasteiger partial charge in [0.05, 0.1) is 0 Å². The van der Waals surface area contributed by atoms with Crippen LogP contribution in [0.3, 0.4) is 0 Å². The molecule has 0 unspecified atom stereocenters. The number of hydrogen-bond donors (Lipinski definition) is 2. The normalized spacial score (nSPS) is 19.0. The first-order valence-electron chi connectivity index (χ1n) is 5.59. The maximum atomic E-state index is 10.2. The number of ether oxygens (including phenoxy) is 1. The molecule has 2 N–H and O–H groups in total. The minimum Gasteiger partial charge on any atom is -0.490 e. The van der Waals surface area contributed by atoms with Crippen LogP contribution in [0, 0.1) is 0 Å². The van der Waals surface area contributed by atoms with Crippen LogP contribution in [-0.2, 0) is 0 Å². The zero-order chi connectivity index (χ0) is 12.3. The fraction of sp³-hybridized carbons (Fsp3) is 0.500. The molecule has 1 aromatic carbocycles. The van der Waals surface area contributed by atoms with Gasteiger partial charge in [0.15, 0.2) is 0 Å². The van der Waals surface area contributed by atoms with E-state index in [-0.39, 0.29) is 6.61 Å². The summed E-state index contributed by atoms with van der Waals surface area (Å²) in [7, 11) is 0. The Labute approximate surface area is 111 Å². The van der Waals surface area contributed by atoms with Gasteiger partial charge in [-0.3, -0.25) is 0 Å². The third-order valence-corrected chi connectivity index (χ3v) is 3.31. The van der Waals surface area contributed by atoms with Gasteiger partial charge in [0.25, 0.3) is 0 Å². The molecule has 1 aliphatic rings. The number of rotatable bonds is 3. The van der Waals surface area contributed by atoms with Gasteiger partial charge in [0.1, 0.15) is 18.0 Å². The van der Waals surface area contributed by atoms with E-state index in [1.807, 2.05) is 0 Å². The topological polar surface area (TPSA) is 41.5 Å². The molecule has 1 saturated heterocycles. The van der Waals surface area contributed by atoms with Crippen LogP contribution < -0.4 is 10.1 Å². The van der Waals surface area contributed by atoms with Crippen LogP contribution in [-0.4, -0.2) is 30.4 Å². The van der Waals surface area contributed by atoms with Gasteiger partial charge in [-0.2, -0.15) is 0 Å². The largest absolute Gasteiger partial charge is 0.490 e. The summed E-state index contributed by atoms with van der Waals surface area (Å²) in [4.78, 5) is 0. The van der Waals surface area contributed by atoms with Crippen molar-refractivity contribution in [3.05, 3.63) is 28.2 Å².